The quantitative estimate of drug-likeness (QED) is 0.894. The van der Waals surface area contributed by atoms with Crippen molar-refractivity contribution in [2.75, 3.05) is 45.2 Å². The number of benzene rings is 1. The zero-order valence-corrected chi connectivity index (χ0v) is 15.1. The van der Waals surface area contributed by atoms with Crippen molar-refractivity contribution < 1.29 is 14.7 Å². The molecular formula is C19H27N3O3. The molecule has 2 aliphatic heterocycles. The number of amides is 2. The molecule has 0 saturated carbocycles. The van der Waals surface area contributed by atoms with Gasteiger partial charge in [-0.05, 0) is 57.6 Å². The summed E-state index contributed by atoms with van der Waals surface area (Å²) >= 11 is 0. The van der Waals surface area contributed by atoms with Crippen molar-refractivity contribution in [3.63, 3.8) is 0 Å². The lowest BCUT2D eigenvalue weighted by molar-refractivity contribution is -0.117. The molecule has 0 bridgehead atoms. The van der Waals surface area contributed by atoms with E-state index < -0.39 is 5.60 Å². The summed E-state index contributed by atoms with van der Waals surface area (Å²) in [6, 6.07) is 7.24. The number of rotatable bonds is 4. The average molecular weight is 345 g/mol. The fourth-order valence-electron chi connectivity index (χ4n) is 3.89. The number of hydrogen-bond acceptors (Lipinski definition) is 4. The first-order valence-electron chi connectivity index (χ1n) is 8.95. The second-order valence-corrected chi connectivity index (χ2v) is 7.49. The van der Waals surface area contributed by atoms with E-state index in [1.807, 2.05) is 31.1 Å². The molecule has 25 heavy (non-hydrogen) atoms. The summed E-state index contributed by atoms with van der Waals surface area (Å²) in [5.41, 5.74) is 0.602. The van der Waals surface area contributed by atoms with Crippen LogP contribution in [-0.2, 0) is 4.79 Å². The number of likely N-dealkylation sites (tertiary alicyclic amines) is 1. The number of anilines is 1. The average Bonchev–Trinajstić information content (AvgIpc) is 2.99. The molecular weight excluding hydrogens is 318 g/mol. The molecule has 2 saturated heterocycles. The molecule has 6 heteroatoms. The molecule has 2 amide bonds. The predicted octanol–water partition coefficient (Wildman–Crippen LogP) is 1.34. The van der Waals surface area contributed by atoms with Gasteiger partial charge in [0.15, 0.2) is 0 Å². The van der Waals surface area contributed by atoms with Crippen LogP contribution in [-0.4, -0.2) is 72.6 Å². The molecule has 2 fully saturated rings. The smallest absolute Gasteiger partial charge is 0.253 e. The SMILES string of the molecule is CN(C)CC1(O)CCCN(C(=O)c2ccc(N3CCCC3=O)cc2)C1. The number of likely N-dealkylation sites (N-methyl/N-ethyl adjacent to an activating group) is 1. The minimum absolute atomic E-state index is 0.0591. The van der Waals surface area contributed by atoms with Crippen molar-refractivity contribution in [1.82, 2.24) is 9.80 Å². The van der Waals surface area contributed by atoms with Crippen LogP contribution in [0.5, 0.6) is 0 Å². The lowest BCUT2D eigenvalue weighted by Gasteiger charge is -2.40. The van der Waals surface area contributed by atoms with Crippen LogP contribution < -0.4 is 4.90 Å². The summed E-state index contributed by atoms with van der Waals surface area (Å²) < 4.78 is 0. The van der Waals surface area contributed by atoms with Gasteiger partial charge in [-0.15, -0.1) is 0 Å². The number of hydrogen-bond donors (Lipinski definition) is 1. The Morgan fingerprint density at radius 2 is 1.92 bits per heavy atom. The summed E-state index contributed by atoms with van der Waals surface area (Å²) in [4.78, 5) is 30.1. The van der Waals surface area contributed by atoms with E-state index in [0.29, 0.717) is 38.0 Å². The molecule has 1 atom stereocenters. The van der Waals surface area contributed by atoms with Gasteiger partial charge in [0.2, 0.25) is 5.91 Å². The van der Waals surface area contributed by atoms with Crippen molar-refractivity contribution in [2.45, 2.75) is 31.3 Å². The van der Waals surface area contributed by atoms with Gasteiger partial charge in [-0.3, -0.25) is 9.59 Å². The van der Waals surface area contributed by atoms with Gasteiger partial charge < -0.3 is 19.8 Å². The predicted molar refractivity (Wildman–Crippen MR) is 96.7 cm³/mol. The van der Waals surface area contributed by atoms with E-state index in [0.717, 1.165) is 25.1 Å². The molecule has 1 N–H and O–H groups in total. The van der Waals surface area contributed by atoms with Crippen molar-refractivity contribution >= 4 is 17.5 Å². The molecule has 1 aromatic carbocycles. The highest BCUT2D eigenvalue weighted by Gasteiger charge is 2.35. The molecule has 136 valence electrons. The van der Waals surface area contributed by atoms with Crippen molar-refractivity contribution in [3.05, 3.63) is 29.8 Å². The van der Waals surface area contributed by atoms with Crippen LogP contribution in [0.4, 0.5) is 5.69 Å². The van der Waals surface area contributed by atoms with E-state index in [-0.39, 0.29) is 11.8 Å². The van der Waals surface area contributed by atoms with Crippen LogP contribution in [0.1, 0.15) is 36.0 Å². The number of β-amino-alcohol motifs (C(OH)–C–C–N with tert-alkyl or cyclic N) is 1. The third-order valence-corrected chi connectivity index (χ3v) is 4.95. The minimum atomic E-state index is -0.848. The van der Waals surface area contributed by atoms with Crippen LogP contribution in [0.2, 0.25) is 0 Å². The van der Waals surface area contributed by atoms with Gasteiger partial charge in [0, 0.05) is 37.3 Å². The summed E-state index contributed by atoms with van der Waals surface area (Å²) in [6.07, 6.45) is 3.00. The molecule has 1 unspecified atom stereocenters. The highest BCUT2D eigenvalue weighted by molar-refractivity contribution is 5.97. The van der Waals surface area contributed by atoms with Gasteiger partial charge in [0.1, 0.15) is 0 Å². The number of carbonyl (C=O) groups excluding carboxylic acids is 2. The van der Waals surface area contributed by atoms with E-state index in [1.54, 1.807) is 21.9 Å². The maximum atomic E-state index is 12.8. The van der Waals surface area contributed by atoms with Crippen LogP contribution in [0, 0.1) is 0 Å². The minimum Gasteiger partial charge on any atom is -0.387 e. The van der Waals surface area contributed by atoms with Crippen molar-refractivity contribution in [2.24, 2.45) is 0 Å². The Hall–Kier alpha value is -1.92. The van der Waals surface area contributed by atoms with E-state index in [1.165, 1.54) is 0 Å². The Balaban J connectivity index is 1.69. The van der Waals surface area contributed by atoms with Crippen LogP contribution >= 0.6 is 0 Å². The first-order chi connectivity index (χ1) is 11.9. The summed E-state index contributed by atoms with van der Waals surface area (Å²) in [7, 11) is 3.86. The summed E-state index contributed by atoms with van der Waals surface area (Å²) in [5.74, 6) is 0.0834. The maximum absolute atomic E-state index is 12.8. The molecule has 0 aromatic heterocycles. The zero-order valence-electron chi connectivity index (χ0n) is 15.1. The lowest BCUT2D eigenvalue weighted by atomic mass is 9.92. The molecule has 1 aromatic rings. The number of carbonyl (C=O) groups is 2. The number of piperidine rings is 1. The molecule has 0 radical (unpaired) electrons. The van der Waals surface area contributed by atoms with Crippen LogP contribution in [0.3, 0.4) is 0 Å². The lowest BCUT2D eigenvalue weighted by Crippen LogP contribution is -2.54. The van der Waals surface area contributed by atoms with Crippen molar-refractivity contribution in [1.29, 1.82) is 0 Å². The largest absolute Gasteiger partial charge is 0.387 e. The Kier molecular flexibility index (Phi) is 5.11. The van der Waals surface area contributed by atoms with E-state index >= 15 is 0 Å². The van der Waals surface area contributed by atoms with Gasteiger partial charge in [-0.1, -0.05) is 0 Å². The zero-order chi connectivity index (χ0) is 18.0. The van der Waals surface area contributed by atoms with Gasteiger partial charge in [-0.2, -0.15) is 0 Å². The molecule has 0 spiro atoms. The highest BCUT2D eigenvalue weighted by Crippen LogP contribution is 2.25. The second kappa shape index (κ2) is 7.14. The molecule has 2 aliphatic rings. The van der Waals surface area contributed by atoms with E-state index in [9.17, 15) is 14.7 Å². The first kappa shape index (κ1) is 17.9. The third kappa shape index (κ3) is 4.02. The van der Waals surface area contributed by atoms with Crippen LogP contribution in [0.25, 0.3) is 0 Å². The molecule has 2 heterocycles. The third-order valence-electron chi connectivity index (χ3n) is 4.95. The standard InChI is InChI=1S/C19H27N3O3/c1-20(2)13-19(25)10-4-11-21(14-19)18(24)15-6-8-16(9-7-15)22-12-3-5-17(22)23/h6-9,25H,3-5,10-14H2,1-2H3. The first-order valence-corrected chi connectivity index (χ1v) is 8.95. The van der Waals surface area contributed by atoms with Gasteiger partial charge in [0.05, 0.1) is 12.1 Å². The van der Waals surface area contributed by atoms with Gasteiger partial charge in [-0.25, -0.2) is 0 Å². The van der Waals surface area contributed by atoms with Gasteiger partial charge in [0.25, 0.3) is 5.91 Å². The molecule has 3 rings (SSSR count). The van der Waals surface area contributed by atoms with E-state index in [2.05, 4.69) is 0 Å². The normalized spacial score (nSPS) is 24.2. The summed E-state index contributed by atoms with van der Waals surface area (Å²) in [6.45, 7) is 2.32. The Morgan fingerprint density at radius 3 is 2.52 bits per heavy atom. The monoisotopic (exact) mass is 345 g/mol. The van der Waals surface area contributed by atoms with Crippen molar-refractivity contribution in [3.8, 4) is 0 Å². The Bertz CT molecular complexity index is 644. The number of nitrogens with zero attached hydrogens (tertiary/aromatic N) is 3. The fourth-order valence-corrected chi connectivity index (χ4v) is 3.89. The highest BCUT2D eigenvalue weighted by atomic mass is 16.3. The Morgan fingerprint density at radius 1 is 1.20 bits per heavy atom. The second-order valence-electron chi connectivity index (χ2n) is 7.49. The number of aliphatic hydroxyl groups is 1. The molecule has 6 nitrogen and oxygen atoms in total. The maximum Gasteiger partial charge on any atom is 0.253 e. The summed E-state index contributed by atoms with van der Waals surface area (Å²) in [5, 5.41) is 10.7. The Labute approximate surface area is 149 Å². The topological polar surface area (TPSA) is 64.1 Å². The van der Waals surface area contributed by atoms with Crippen LogP contribution in [0.15, 0.2) is 24.3 Å². The van der Waals surface area contributed by atoms with Gasteiger partial charge >= 0.3 is 0 Å². The van der Waals surface area contributed by atoms with E-state index in [4.69, 9.17) is 0 Å². The molecule has 0 aliphatic carbocycles. The fraction of sp³-hybridized carbons (Fsp3) is 0.579.